The van der Waals surface area contributed by atoms with Gasteiger partial charge in [0.1, 0.15) is 18.2 Å². The number of halogens is 2. The molecule has 0 amide bonds. The standard InChI is InChI=1S/C24H17ClFNO2/c1-15-11-17(26)7-9-19(15)24(28)21-13-27-22-12-18(8-10-20(22)23(21)25)29-14-16-5-3-2-4-6-16/h2-13H,14H2,1H3. The second kappa shape index (κ2) is 8.02. The SMILES string of the molecule is Cc1cc(F)ccc1C(=O)c1cnc2cc(OCc3ccccc3)ccc2c1Cl. The Balaban J connectivity index is 1.63. The zero-order valence-corrected chi connectivity index (χ0v) is 16.4. The van der Waals surface area contributed by atoms with E-state index in [0.717, 1.165) is 5.56 Å². The van der Waals surface area contributed by atoms with Crippen LogP contribution in [0.2, 0.25) is 5.02 Å². The average molecular weight is 406 g/mol. The van der Waals surface area contributed by atoms with E-state index in [1.54, 1.807) is 25.1 Å². The van der Waals surface area contributed by atoms with E-state index in [2.05, 4.69) is 4.98 Å². The molecule has 5 heteroatoms. The van der Waals surface area contributed by atoms with Crippen LogP contribution in [0, 0.1) is 12.7 Å². The van der Waals surface area contributed by atoms with Gasteiger partial charge in [0.05, 0.1) is 16.1 Å². The van der Waals surface area contributed by atoms with E-state index in [-0.39, 0.29) is 17.2 Å². The third-order valence-electron chi connectivity index (χ3n) is 4.70. The van der Waals surface area contributed by atoms with Crippen molar-refractivity contribution in [1.29, 1.82) is 0 Å². The summed E-state index contributed by atoms with van der Waals surface area (Å²) in [7, 11) is 0. The molecule has 0 aliphatic carbocycles. The first-order valence-electron chi connectivity index (χ1n) is 9.09. The van der Waals surface area contributed by atoms with Crippen molar-refractivity contribution in [1.82, 2.24) is 4.98 Å². The summed E-state index contributed by atoms with van der Waals surface area (Å²) in [4.78, 5) is 17.3. The van der Waals surface area contributed by atoms with Crippen LogP contribution in [-0.2, 0) is 6.61 Å². The monoisotopic (exact) mass is 405 g/mol. The first-order valence-corrected chi connectivity index (χ1v) is 9.46. The van der Waals surface area contributed by atoms with Gasteiger partial charge >= 0.3 is 0 Å². The van der Waals surface area contributed by atoms with Crippen LogP contribution in [0.15, 0.2) is 72.9 Å². The third kappa shape index (κ3) is 3.98. The van der Waals surface area contributed by atoms with Crippen LogP contribution in [0.4, 0.5) is 4.39 Å². The van der Waals surface area contributed by atoms with E-state index < -0.39 is 0 Å². The minimum atomic E-state index is -0.384. The number of fused-ring (bicyclic) bond motifs is 1. The number of ether oxygens (including phenoxy) is 1. The van der Waals surface area contributed by atoms with Gasteiger partial charge in [-0.3, -0.25) is 9.78 Å². The number of hydrogen-bond acceptors (Lipinski definition) is 3. The van der Waals surface area contributed by atoms with E-state index in [1.807, 2.05) is 30.3 Å². The first-order chi connectivity index (χ1) is 14.0. The van der Waals surface area contributed by atoms with Crippen molar-refractivity contribution >= 4 is 28.3 Å². The molecule has 0 saturated heterocycles. The van der Waals surface area contributed by atoms with Gasteiger partial charge in [-0.05, 0) is 48.4 Å². The Hall–Kier alpha value is -3.24. The van der Waals surface area contributed by atoms with E-state index in [1.165, 1.54) is 24.4 Å². The second-order valence-corrected chi connectivity index (χ2v) is 7.11. The summed E-state index contributed by atoms with van der Waals surface area (Å²) in [5.41, 5.74) is 2.93. The summed E-state index contributed by atoms with van der Waals surface area (Å²) >= 11 is 6.52. The normalized spacial score (nSPS) is 10.9. The smallest absolute Gasteiger partial charge is 0.196 e. The fourth-order valence-electron chi connectivity index (χ4n) is 3.16. The van der Waals surface area contributed by atoms with Crippen LogP contribution in [0.3, 0.4) is 0 Å². The predicted octanol–water partition coefficient (Wildman–Crippen LogP) is 6.15. The highest BCUT2D eigenvalue weighted by Gasteiger charge is 2.18. The van der Waals surface area contributed by atoms with Gasteiger partial charge in [-0.2, -0.15) is 0 Å². The van der Waals surface area contributed by atoms with Crippen molar-refractivity contribution < 1.29 is 13.9 Å². The van der Waals surface area contributed by atoms with E-state index >= 15 is 0 Å². The van der Waals surface area contributed by atoms with E-state index in [4.69, 9.17) is 16.3 Å². The average Bonchev–Trinajstić information content (AvgIpc) is 2.73. The highest BCUT2D eigenvalue weighted by atomic mass is 35.5. The van der Waals surface area contributed by atoms with Gasteiger partial charge in [-0.25, -0.2) is 4.39 Å². The predicted molar refractivity (Wildman–Crippen MR) is 112 cm³/mol. The fraction of sp³-hybridized carbons (Fsp3) is 0.0833. The maximum Gasteiger partial charge on any atom is 0.196 e. The van der Waals surface area contributed by atoms with Gasteiger partial charge in [-0.1, -0.05) is 41.9 Å². The molecule has 3 nitrogen and oxygen atoms in total. The Labute approximate surface area is 172 Å². The van der Waals surface area contributed by atoms with Crippen LogP contribution in [0.25, 0.3) is 10.9 Å². The zero-order valence-electron chi connectivity index (χ0n) is 15.7. The number of aryl methyl sites for hydroxylation is 1. The number of carbonyl (C=O) groups is 1. The van der Waals surface area contributed by atoms with Crippen molar-refractivity contribution in [2.45, 2.75) is 13.5 Å². The summed E-state index contributed by atoms with van der Waals surface area (Å²) in [6, 6.07) is 19.3. The van der Waals surface area contributed by atoms with E-state index in [9.17, 15) is 9.18 Å². The first kappa shape index (κ1) is 19.1. The molecule has 0 spiro atoms. The Morgan fingerprint density at radius 3 is 2.59 bits per heavy atom. The minimum Gasteiger partial charge on any atom is -0.489 e. The fourth-order valence-corrected chi connectivity index (χ4v) is 3.45. The third-order valence-corrected chi connectivity index (χ3v) is 5.11. The molecule has 0 unspecified atom stereocenters. The summed E-state index contributed by atoms with van der Waals surface area (Å²) in [6.07, 6.45) is 1.46. The largest absolute Gasteiger partial charge is 0.489 e. The Bertz CT molecular complexity index is 1210. The lowest BCUT2D eigenvalue weighted by molar-refractivity contribution is 0.103. The van der Waals surface area contributed by atoms with Crippen molar-refractivity contribution in [3.8, 4) is 5.75 Å². The molecule has 0 aliphatic heterocycles. The van der Waals surface area contributed by atoms with Crippen LogP contribution >= 0.6 is 11.6 Å². The lowest BCUT2D eigenvalue weighted by Crippen LogP contribution is -2.06. The highest BCUT2D eigenvalue weighted by molar-refractivity contribution is 6.39. The molecule has 4 aromatic rings. The van der Waals surface area contributed by atoms with Gasteiger partial charge in [0, 0.05) is 23.2 Å². The molecule has 0 N–H and O–H groups in total. The maximum absolute atomic E-state index is 13.3. The van der Waals surface area contributed by atoms with E-state index in [0.29, 0.717) is 39.4 Å². The number of carbonyl (C=O) groups excluding carboxylic acids is 1. The van der Waals surface area contributed by atoms with Crippen LogP contribution in [0.1, 0.15) is 27.0 Å². The van der Waals surface area contributed by atoms with Gasteiger partial charge in [0.15, 0.2) is 5.78 Å². The summed E-state index contributed by atoms with van der Waals surface area (Å²) in [5, 5.41) is 0.975. The molecule has 0 bridgehead atoms. The topological polar surface area (TPSA) is 39.2 Å². The van der Waals surface area contributed by atoms with Gasteiger partial charge in [-0.15, -0.1) is 0 Å². The Kier molecular flexibility index (Phi) is 5.28. The number of aromatic nitrogens is 1. The molecular formula is C24H17ClFNO2. The molecular weight excluding hydrogens is 389 g/mol. The van der Waals surface area contributed by atoms with Crippen molar-refractivity contribution in [3.63, 3.8) is 0 Å². The van der Waals surface area contributed by atoms with Crippen molar-refractivity contribution in [3.05, 3.63) is 106 Å². The second-order valence-electron chi connectivity index (χ2n) is 6.73. The molecule has 29 heavy (non-hydrogen) atoms. The number of pyridine rings is 1. The number of hydrogen-bond donors (Lipinski definition) is 0. The maximum atomic E-state index is 13.3. The Morgan fingerprint density at radius 1 is 1.03 bits per heavy atom. The van der Waals surface area contributed by atoms with Gasteiger partial charge < -0.3 is 4.74 Å². The molecule has 4 rings (SSSR count). The van der Waals surface area contributed by atoms with Gasteiger partial charge in [0.25, 0.3) is 0 Å². The number of ketones is 1. The molecule has 1 heterocycles. The minimum absolute atomic E-state index is 0.284. The Morgan fingerprint density at radius 2 is 1.83 bits per heavy atom. The molecule has 0 saturated carbocycles. The molecule has 3 aromatic carbocycles. The number of rotatable bonds is 5. The summed E-state index contributed by atoms with van der Waals surface area (Å²) in [6.45, 7) is 2.13. The number of nitrogens with zero attached hydrogens (tertiary/aromatic N) is 1. The zero-order chi connectivity index (χ0) is 20.4. The van der Waals surface area contributed by atoms with Crippen LogP contribution in [0.5, 0.6) is 5.75 Å². The summed E-state index contributed by atoms with van der Waals surface area (Å²) < 4.78 is 19.2. The quantitative estimate of drug-likeness (QED) is 0.374. The lowest BCUT2D eigenvalue weighted by Gasteiger charge is -2.11. The molecule has 1 aromatic heterocycles. The van der Waals surface area contributed by atoms with Crippen molar-refractivity contribution in [2.24, 2.45) is 0 Å². The number of benzene rings is 3. The summed E-state index contributed by atoms with van der Waals surface area (Å²) in [5.74, 6) is -0.00510. The van der Waals surface area contributed by atoms with Crippen LogP contribution in [-0.4, -0.2) is 10.8 Å². The van der Waals surface area contributed by atoms with Gasteiger partial charge in [0.2, 0.25) is 0 Å². The molecule has 0 radical (unpaired) electrons. The molecule has 144 valence electrons. The van der Waals surface area contributed by atoms with Crippen LogP contribution < -0.4 is 4.74 Å². The molecule has 0 atom stereocenters. The molecule has 0 aliphatic rings. The highest BCUT2D eigenvalue weighted by Crippen LogP contribution is 2.30. The molecule has 0 fully saturated rings. The lowest BCUT2D eigenvalue weighted by atomic mass is 9.99. The van der Waals surface area contributed by atoms with Crippen molar-refractivity contribution in [2.75, 3.05) is 0 Å².